The van der Waals surface area contributed by atoms with Crippen LogP contribution in [0.3, 0.4) is 0 Å². The van der Waals surface area contributed by atoms with Crippen LogP contribution in [0.1, 0.15) is 125 Å². The van der Waals surface area contributed by atoms with E-state index in [9.17, 15) is 0 Å². The van der Waals surface area contributed by atoms with Crippen LogP contribution >= 0.6 is 58.6 Å². The van der Waals surface area contributed by atoms with Crippen molar-refractivity contribution < 1.29 is 13.8 Å². The van der Waals surface area contributed by atoms with Gasteiger partial charge in [-0.2, -0.15) is 0 Å². The maximum absolute atomic E-state index is 7.59. The van der Waals surface area contributed by atoms with Crippen molar-refractivity contribution in [2.75, 3.05) is 0 Å². The van der Waals surface area contributed by atoms with Gasteiger partial charge in [0.25, 0.3) is 0 Å². The predicted octanol–water partition coefficient (Wildman–Crippen LogP) is 31.3. The van der Waals surface area contributed by atoms with E-state index in [0.717, 1.165) is 55.7 Å². The van der Waals surface area contributed by atoms with Crippen LogP contribution in [0, 0.1) is 0 Å². The second kappa shape index (κ2) is 41.5. The molecule has 19 heteroatoms. The molecule has 0 saturated carbocycles. The second-order valence-electron chi connectivity index (χ2n) is 39.7. The lowest BCUT2D eigenvalue weighted by Crippen LogP contribution is -2.35. The van der Waals surface area contributed by atoms with Gasteiger partial charge in [-0.15, -0.1) is 0 Å². The molecule has 0 saturated heterocycles. The van der Waals surface area contributed by atoms with Crippen molar-refractivity contribution in [1.29, 1.82) is 0 Å². The largest absolute Gasteiger partial charge is 0.455 e. The van der Waals surface area contributed by atoms with Crippen LogP contribution in [0.4, 0.5) is 0 Å². The molecule has 9 aromatic heterocycles. The fourth-order valence-corrected chi connectivity index (χ4v) is 33.3. The predicted molar refractivity (Wildman–Crippen MR) is 624 cm³/mol. The molecule has 146 heavy (non-hydrogen) atoms. The van der Waals surface area contributed by atoms with Crippen LogP contribution in [0.25, 0.3) is 54.5 Å². The highest BCUT2D eigenvalue weighted by atomic mass is 31.2. The van der Waals surface area contributed by atoms with Gasteiger partial charge in [0.2, 0.25) is 8.37 Å². The number of rotatable bonds is 22. The Bertz CT molecular complexity index is 7760. The number of ether oxygens (including phenoxy) is 1. The van der Waals surface area contributed by atoms with E-state index in [4.69, 9.17) is 13.8 Å². The fraction of sp³-hybridized carbons (Fsp3) is 0.118. The molecule has 27 rings (SSSR count). The summed E-state index contributed by atoms with van der Waals surface area (Å²) in [5.74, 6) is 4.66. The molecule has 3 aliphatic carbocycles. The van der Waals surface area contributed by atoms with Gasteiger partial charge >= 0.3 is 16.9 Å². The Labute approximate surface area is 865 Å². The normalized spacial score (nSPS) is 14.1. The molecule has 0 amide bonds. The molecule has 10 heterocycles. The van der Waals surface area contributed by atoms with Crippen LogP contribution in [0.5, 0.6) is 23.0 Å². The van der Waals surface area contributed by atoms with Crippen molar-refractivity contribution in [2.45, 2.75) is 96.3 Å². The van der Waals surface area contributed by atoms with Gasteiger partial charge in [-0.1, -0.05) is 322 Å². The zero-order valence-corrected chi connectivity index (χ0v) is 89.4. The fourth-order valence-electron chi connectivity index (χ4n) is 20.8. The van der Waals surface area contributed by atoms with Gasteiger partial charge in [-0.05, 0) is 271 Å². The summed E-state index contributed by atoms with van der Waals surface area (Å²) in [6, 6.07) is 144. The molecule has 23 aromatic rings. The number of aromatic nitrogens is 9. The first-order valence-electron chi connectivity index (χ1n) is 50.0. The van der Waals surface area contributed by atoms with Crippen molar-refractivity contribution in [2.24, 2.45) is 0 Å². The van der Waals surface area contributed by atoms with Gasteiger partial charge in [-0.25, -0.2) is 0 Å². The molecule has 720 valence electrons. The summed E-state index contributed by atoms with van der Waals surface area (Å²) >= 11 is 0. The molecule has 0 N–H and O–H groups in total. The number of nitrogens with zero attached hydrogens (tertiary/aromatic N) is 9. The van der Waals surface area contributed by atoms with Crippen molar-refractivity contribution in [1.82, 2.24) is 39.0 Å². The van der Waals surface area contributed by atoms with E-state index < -0.39 is 41.1 Å². The Morgan fingerprint density at radius 2 is 0.603 bits per heavy atom. The summed E-state index contributed by atoms with van der Waals surface area (Å²) in [6.07, 6.45) is 36.1. The maximum atomic E-state index is 7.59. The standard InChI is InChI=1S/C47H48OP2.C36H28N4O2P2.C32H26N2P2.C12H12N3P/c1-45(2,3)33-29-39-43(41(31-33)49(35-21-13-9-14-22-35)36-23-15-10-16-24-36)48-44-40(47(39,7)8)30-34(46(4,5)6)32-42(44)50(37-25-17-11-18-26-37)38-27-19-12-20-28-38;1-3-15-31-29(13-1)17-19-33(41-43(37-21-5-6-22-37)38-23-7-8-24-38)35(31)36-32-16-4-2-14-30(32)18-20-34(36)42-44(39-25-9-10-26-39)40-27-11-12-28-40;1-3-11-27-21(7-1)17-19-33(27)35-29-13-5-9-24-23-15-16-26(31(24)29)32-25(23)10-6-14-30(32)36-34-20-18-22-8-2-4-12-28(22)34;1-2-8-13(7-1)16(14-9-3-4-10-14)15-11-5-6-12-15/h9-32H,1-8H3;1-28H;1-14,17-20,23,26,35-36H,15-16H2;1-12H. The number of hydrogen-bond acceptors (Lipinski definition) is 3. The van der Waals surface area contributed by atoms with E-state index in [1.165, 1.54) is 99.3 Å². The summed E-state index contributed by atoms with van der Waals surface area (Å²) < 4.78 is 41.9. The molecule has 2 bridgehead atoms. The monoisotopic (exact) mass is 2030 g/mol. The first kappa shape index (κ1) is 95.6. The van der Waals surface area contributed by atoms with Gasteiger partial charge in [0.05, 0.1) is 11.0 Å². The van der Waals surface area contributed by atoms with Crippen molar-refractivity contribution in [3.05, 3.63) is 544 Å². The Kier molecular flexibility index (Phi) is 27.2. The summed E-state index contributed by atoms with van der Waals surface area (Å²) in [5.41, 5.74) is 15.9. The van der Waals surface area contributed by atoms with Gasteiger partial charge in [-0.3, -0.25) is 30.4 Å². The Balaban J connectivity index is 0.000000113. The molecule has 14 aromatic carbocycles. The average molecular weight is 2030 g/mol. The molecule has 0 fully saturated rings. The number of fused-ring (bicyclic) bond motifs is 7. The first-order valence-corrected chi connectivity index (χ1v) is 58.1. The van der Waals surface area contributed by atoms with Gasteiger partial charge in [0.15, 0.2) is 0 Å². The third-order valence-corrected chi connectivity index (χ3v) is 40.9. The summed E-state index contributed by atoms with van der Waals surface area (Å²) in [4.78, 5) is 0. The lowest BCUT2D eigenvalue weighted by Gasteiger charge is -2.42. The topological polar surface area (TPSA) is 72.1 Å². The van der Waals surface area contributed by atoms with Crippen LogP contribution in [-0.2, 0) is 16.2 Å². The summed E-state index contributed by atoms with van der Waals surface area (Å²) in [7, 11) is -3.69. The third kappa shape index (κ3) is 19.2. The van der Waals surface area contributed by atoms with Gasteiger partial charge in [0, 0.05) is 167 Å². The zero-order chi connectivity index (χ0) is 99.0. The summed E-state index contributed by atoms with van der Waals surface area (Å²) in [6.45, 7) is 18.8. The van der Waals surface area contributed by atoms with Crippen LogP contribution < -0.4 is 56.2 Å². The minimum atomic E-state index is -1.26. The van der Waals surface area contributed by atoms with Crippen molar-refractivity contribution in [3.8, 4) is 34.1 Å². The van der Waals surface area contributed by atoms with Gasteiger partial charge < -0.3 is 22.5 Å². The summed E-state index contributed by atoms with van der Waals surface area (Å²) in [5, 5.41) is 18.0. The first-order chi connectivity index (χ1) is 71.5. The SMILES string of the molecule is CC(C)(C)c1cc(P(c2ccccc2)c2ccccc2)c2c(c1)C(C)(C)c1cc(C(C)(C)C)cc(P(c3ccccc3)c3ccccc3)c1O2.c1cc(Pn2ccc3ccccc32)c2c(c1)C1CCC2c2c(Pn3ccc4ccccc43)cccc21.c1ccc2c(-c3c(OP(n4cccc4)n4cccc4)ccc4ccccc34)c(OP(n3cccc3)n3cccc3)ccc2c1.c1ccn(P(n2cccc2)n2cccc2)c1. The number of hydrogen-bond donors (Lipinski definition) is 0. The van der Waals surface area contributed by atoms with Crippen LogP contribution in [0.2, 0.25) is 0 Å². The lowest BCUT2D eigenvalue weighted by molar-refractivity contribution is 0.421. The quantitative estimate of drug-likeness (QED) is 0.0635. The Morgan fingerprint density at radius 1 is 0.295 bits per heavy atom. The maximum Gasteiger partial charge on any atom is 0.317 e. The van der Waals surface area contributed by atoms with E-state index in [1.54, 1.807) is 22.3 Å². The van der Waals surface area contributed by atoms with E-state index in [2.05, 4.69) is 545 Å². The molecule has 0 spiro atoms. The van der Waals surface area contributed by atoms with Crippen molar-refractivity contribution in [3.63, 3.8) is 0 Å². The molecule has 2 unspecified atom stereocenters. The highest BCUT2D eigenvalue weighted by Crippen LogP contribution is 2.59. The average Bonchev–Trinajstić information content (AvgIpc) is 0.768. The number of benzene rings is 14. The van der Waals surface area contributed by atoms with Crippen LogP contribution in [0.15, 0.2) is 500 Å². The molecule has 12 nitrogen and oxygen atoms in total. The highest BCUT2D eigenvalue weighted by molar-refractivity contribution is 7.80. The molecular formula is C127H114N9O3P7. The second-order valence-corrected chi connectivity index (χ2v) is 51.7. The van der Waals surface area contributed by atoms with Crippen LogP contribution in [-0.4, -0.2) is 39.0 Å². The Hall–Kier alpha value is -14.0. The van der Waals surface area contributed by atoms with E-state index in [0.29, 0.717) is 29.3 Å². The third-order valence-electron chi connectivity index (χ3n) is 28.0. The van der Waals surface area contributed by atoms with Gasteiger partial charge in [0.1, 0.15) is 23.0 Å². The van der Waals surface area contributed by atoms with E-state index >= 15 is 0 Å². The minimum Gasteiger partial charge on any atom is -0.455 e. The van der Waals surface area contributed by atoms with E-state index in [1.807, 2.05) is 48.5 Å². The Morgan fingerprint density at radius 3 is 0.945 bits per heavy atom. The van der Waals surface area contributed by atoms with E-state index in [-0.39, 0.29) is 16.2 Å². The minimum absolute atomic E-state index is 0.0398. The van der Waals surface area contributed by atoms with Crippen molar-refractivity contribution >= 4 is 144 Å². The molecular weight excluding hydrogens is 1920 g/mol. The zero-order valence-electron chi connectivity index (χ0n) is 82.9. The molecule has 4 aliphatic rings. The molecule has 1 aliphatic heterocycles. The molecule has 2 atom stereocenters. The highest BCUT2D eigenvalue weighted by Gasteiger charge is 2.44. The lowest BCUT2D eigenvalue weighted by atomic mass is 9.64. The number of para-hydroxylation sites is 2. The smallest absolute Gasteiger partial charge is 0.317 e. The molecule has 0 radical (unpaired) electrons.